The molecular weight excluding hydrogens is 538 g/mol. The Morgan fingerprint density at radius 1 is 1.08 bits per heavy atom. The van der Waals surface area contributed by atoms with Crippen molar-refractivity contribution in [3.8, 4) is 0 Å². The van der Waals surface area contributed by atoms with E-state index in [2.05, 4.69) is 57.1 Å². The van der Waals surface area contributed by atoms with E-state index < -0.39 is 0 Å². The van der Waals surface area contributed by atoms with E-state index in [0.717, 1.165) is 45.2 Å². The van der Waals surface area contributed by atoms with Crippen molar-refractivity contribution in [3.05, 3.63) is 42.8 Å². The monoisotopic (exact) mass is 563 g/mol. The number of nitrogens with zero attached hydrogens (tertiary/aromatic N) is 4. The Morgan fingerprint density at radius 3 is 2.44 bits per heavy atom. The van der Waals surface area contributed by atoms with Gasteiger partial charge < -0.3 is 23.3 Å². The molecule has 1 saturated heterocycles. The molecule has 1 unspecified atom stereocenters. The van der Waals surface area contributed by atoms with Crippen molar-refractivity contribution in [2.45, 2.75) is 32.1 Å². The first kappa shape index (κ1) is 20.0. The third kappa shape index (κ3) is 5.58. The number of hydrogen-bond acceptors (Lipinski definition) is 6. The average Bonchev–Trinajstić information content (AvgIpc) is 2.55. The Labute approximate surface area is 173 Å². The van der Waals surface area contributed by atoms with E-state index in [-0.39, 0.29) is 48.4 Å². The van der Waals surface area contributed by atoms with Crippen LogP contribution in [0.3, 0.4) is 0 Å². The van der Waals surface area contributed by atoms with Gasteiger partial charge in [-0.3, -0.25) is 0 Å². The second-order valence-corrected chi connectivity index (χ2v) is 6.72. The second kappa shape index (κ2) is 8.86. The molecule has 1 fully saturated rings. The van der Waals surface area contributed by atoms with E-state index >= 15 is 0 Å². The summed E-state index contributed by atoms with van der Waals surface area (Å²) in [5.74, 6) is 0.902. The van der Waals surface area contributed by atoms with Gasteiger partial charge in [-0.05, 0) is 24.9 Å². The number of aromatic nitrogens is 3. The van der Waals surface area contributed by atoms with Gasteiger partial charge in [0.1, 0.15) is 0 Å². The van der Waals surface area contributed by atoms with Crippen LogP contribution in [0.4, 0.5) is 17.8 Å². The molecule has 0 bridgehead atoms. The molecule has 132 valence electrons. The van der Waals surface area contributed by atoms with Crippen LogP contribution in [0.15, 0.2) is 30.3 Å². The fourth-order valence-electron chi connectivity index (χ4n) is 3.43. The maximum Gasteiger partial charge on any atom is 0.231 e. The third-order valence-corrected chi connectivity index (χ3v) is 4.62. The third-order valence-electron chi connectivity index (χ3n) is 4.62. The molecule has 6 nitrogen and oxygen atoms in total. The zero-order valence-electron chi connectivity index (χ0n) is 14.5. The molecule has 1 aliphatic rings. The SMILES string of the molecule is [CH2-]C1(CCCc2ccccc2)CCCN(c2nc(N)nc(N)n2)C1.[U]. The maximum absolute atomic E-state index is 5.69. The minimum Gasteiger partial charge on any atom is -0.368 e. The fraction of sp³-hybridized carbons (Fsp3) is 0.444. The first-order chi connectivity index (χ1) is 11.5. The van der Waals surface area contributed by atoms with Crippen LogP contribution in [0.2, 0.25) is 0 Å². The molecule has 25 heavy (non-hydrogen) atoms. The number of hydrogen-bond donors (Lipinski definition) is 2. The van der Waals surface area contributed by atoms with Gasteiger partial charge in [0.15, 0.2) is 0 Å². The van der Waals surface area contributed by atoms with E-state index in [1.54, 1.807) is 0 Å². The van der Waals surface area contributed by atoms with Gasteiger partial charge in [-0.1, -0.05) is 49.6 Å². The summed E-state index contributed by atoms with van der Waals surface area (Å²) in [6.07, 6.45) is 5.48. The minimum atomic E-state index is 0. The largest absolute Gasteiger partial charge is 0.368 e. The molecule has 2 aromatic rings. The quantitative estimate of drug-likeness (QED) is 0.544. The number of benzene rings is 1. The number of nitrogens with two attached hydrogens (primary N) is 2. The molecule has 1 aliphatic heterocycles. The summed E-state index contributed by atoms with van der Waals surface area (Å²) in [6.45, 7) is 6.23. The van der Waals surface area contributed by atoms with Gasteiger partial charge in [-0.15, -0.1) is 5.41 Å². The Morgan fingerprint density at radius 2 is 1.76 bits per heavy atom. The van der Waals surface area contributed by atoms with Crippen molar-refractivity contribution in [2.24, 2.45) is 5.41 Å². The zero-order valence-corrected chi connectivity index (χ0v) is 18.7. The normalized spacial score (nSPS) is 20.1. The van der Waals surface area contributed by atoms with Crippen LogP contribution >= 0.6 is 0 Å². The summed E-state index contributed by atoms with van der Waals surface area (Å²) in [4.78, 5) is 14.4. The van der Waals surface area contributed by atoms with Crippen LogP contribution in [-0.4, -0.2) is 28.0 Å². The first-order valence-electron chi connectivity index (χ1n) is 8.45. The van der Waals surface area contributed by atoms with Gasteiger partial charge in [0.25, 0.3) is 0 Å². The number of nitrogen functional groups attached to an aromatic ring is 2. The van der Waals surface area contributed by atoms with Crippen LogP contribution < -0.4 is 16.4 Å². The van der Waals surface area contributed by atoms with E-state index in [9.17, 15) is 0 Å². The summed E-state index contributed by atoms with van der Waals surface area (Å²) in [6, 6.07) is 10.6. The fourth-order valence-corrected chi connectivity index (χ4v) is 3.43. The number of aryl methyl sites for hydroxylation is 1. The Hall–Kier alpha value is -1.32. The molecule has 0 spiro atoms. The predicted molar refractivity (Wildman–Crippen MR) is 97.3 cm³/mol. The maximum atomic E-state index is 5.69. The molecule has 0 aliphatic carbocycles. The smallest absolute Gasteiger partial charge is 0.231 e. The van der Waals surface area contributed by atoms with Gasteiger partial charge in [0, 0.05) is 37.7 Å². The molecule has 7 heteroatoms. The first-order valence-corrected chi connectivity index (χ1v) is 8.45. The molecule has 0 amide bonds. The van der Waals surface area contributed by atoms with Crippen molar-refractivity contribution < 1.29 is 31.1 Å². The Balaban J connectivity index is 0.00000225. The van der Waals surface area contributed by atoms with Crippen molar-refractivity contribution in [2.75, 3.05) is 29.5 Å². The summed E-state index contributed by atoms with van der Waals surface area (Å²) >= 11 is 0. The summed E-state index contributed by atoms with van der Waals surface area (Å²) in [5, 5.41) is 0. The molecular formula is C18H25N6U-. The Bertz CT molecular complexity index is 660. The van der Waals surface area contributed by atoms with E-state index in [4.69, 9.17) is 11.5 Å². The molecule has 1 atom stereocenters. The number of anilines is 3. The van der Waals surface area contributed by atoms with Crippen molar-refractivity contribution in [1.29, 1.82) is 0 Å². The zero-order chi connectivity index (χ0) is 17.0. The average molecular weight is 563 g/mol. The summed E-state index contributed by atoms with van der Waals surface area (Å²) < 4.78 is 0. The molecule has 1 aromatic carbocycles. The van der Waals surface area contributed by atoms with Crippen molar-refractivity contribution >= 4 is 17.8 Å². The van der Waals surface area contributed by atoms with Gasteiger partial charge in [0.2, 0.25) is 17.8 Å². The number of piperidine rings is 1. The molecule has 0 radical (unpaired) electrons. The van der Waals surface area contributed by atoms with Crippen LogP contribution in [0, 0.1) is 43.5 Å². The summed E-state index contributed by atoms with van der Waals surface area (Å²) in [5.41, 5.74) is 12.8. The van der Waals surface area contributed by atoms with Crippen LogP contribution in [0.25, 0.3) is 0 Å². The van der Waals surface area contributed by atoms with Gasteiger partial charge in [0.05, 0.1) is 0 Å². The molecule has 0 saturated carbocycles. The second-order valence-electron chi connectivity index (χ2n) is 6.72. The van der Waals surface area contributed by atoms with Crippen LogP contribution in [0.1, 0.15) is 31.2 Å². The molecule has 3 rings (SSSR count). The van der Waals surface area contributed by atoms with Gasteiger partial charge >= 0.3 is 0 Å². The molecule has 4 N–H and O–H groups in total. The molecule has 1 aromatic heterocycles. The summed E-state index contributed by atoms with van der Waals surface area (Å²) in [7, 11) is 0. The van der Waals surface area contributed by atoms with Crippen molar-refractivity contribution in [1.82, 2.24) is 15.0 Å². The standard InChI is InChI=1S/C18H25N6.U/c1-18(10-5-9-14-7-3-2-4-8-14)11-6-12-24(13-18)17-22-15(19)21-16(20)23-17;/h2-4,7-8H,1,5-6,9-13H2,(H4,19,20,21,22,23);/q-1;. The van der Waals surface area contributed by atoms with E-state index in [0.29, 0.717) is 5.95 Å². The van der Waals surface area contributed by atoms with Crippen LogP contribution in [0.5, 0.6) is 0 Å². The van der Waals surface area contributed by atoms with E-state index in [1.807, 2.05) is 0 Å². The van der Waals surface area contributed by atoms with Crippen molar-refractivity contribution in [3.63, 3.8) is 0 Å². The molecule has 2 heterocycles. The van der Waals surface area contributed by atoms with Crippen LogP contribution in [-0.2, 0) is 6.42 Å². The minimum absolute atomic E-state index is 0. The van der Waals surface area contributed by atoms with Gasteiger partial charge in [-0.25, -0.2) is 0 Å². The Kier molecular flexibility index (Phi) is 7.09. The predicted octanol–water partition coefficient (Wildman–Crippen LogP) is 2.48. The van der Waals surface area contributed by atoms with E-state index in [1.165, 1.54) is 5.56 Å². The topological polar surface area (TPSA) is 94.0 Å². The van der Waals surface area contributed by atoms with Gasteiger partial charge in [-0.2, -0.15) is 15.0 Å². The number of rotatable bonds is 5.